The van der Waals surface area contributed by atoms with E-state index in [2.05, 4.69) is 30.0 Å². The smallest absolute Gasteiger partial charge is 0.323 e. The summed E-state index contributed by atoms with van der Waals surface area (Å²) in [5.74, 6) is 1.19. The molecule has 0 aliphatic heterocycles. The molecule has 6 nitrogen and oxygen atoms in total. The zero-order valence-corrected chi connectivity index (χ0v) is 11.8. The molecule has 0 rings (SSSR count). The second-order valence-corrected chi connectivity index (χ2v) is 4.42. The highest BCUT2D eigenvalue weighted by Crippen LogP contribution is 1.98. The van der Waals surface area contributed by atoms with E-state index in [0.29, 0.717) is 19.1 Å². The monoisotopic (exact) mass is 269 g/mol. The van der Waals surface area contributed by atoms with Gasteiger partial charge in [0.05, 0.1) is 6.54 Å². The summed E-state index contributed by atoms with van der Waals surface area (Å²) in [6.07, 6.45) is 6.14. The summed E-state index contributed by atoms with van der Waals surface area (Å²) in [5, 5.41) is 11.3. The van der Waals surface area contributed by atoms with Gasteiger partial charge < -0.3 is 20.2 Å². The Morgan fingerprint density at radius 1 is 1.47 bits per heavy atom. The van der Waals surface area contributed by atoms with Gasteiger partial charge in [-0.3, -0.25) is 4.79 Å². The summed E-state index contributed by atoms with van der Waals surface area (Å²) in [4.78, 5) is 25.5. The maximum Gasteiger partial charge on any atom is 0.323 e. The third-order valence-corrected chi connectivity index (χ3v) is 2.98. The van der Waals surface area contributed by atoms with Crippen molar-refractivity contribution in [3.8, 4) is 12.3 Å². The van der Waals surface area contributed by atoms with Crippen LogP contribution in [0.1, 0.15) is 20.3 Å². The standard InChI is InChI=1S/C13H23N3O3/c1-5-8-16(10-12(17)18)13(19)14-7-9-15(4)11(3)6-2/h1,11H,6-10H2,2-4H3,(H,14,19)(H,17,18). The number of nitrogens with one attached hydrogen (secondary N) is 1. The van der Waals surface area contributed by atoms with Crippen LogP contribution >= 0.6 is 0 Å². The number of terminal acetylenes is 1. The Bertz CT molecular complexity index is 339. The van der Waals surface area contributed by atoms with Crippen molar-refractivity contribution in [3.05, 3.63) is 0 Å². The van der Waals surface area contributed by atoms with Crippen molar-refractivity contribution in [3.63, 3.8) is 0 Å². The molecule has 19 heavy (non-hydrogen) atoms. The minimum absolute atomic E-state index is 0.0145. The lowest BCUT2D eigenvalue weighted by molar-refractivity contribution is -0.137. The molecule has 2 N–H and O–H groups in total. The molecule has 0 saturated heterocycles. The molecule has 0 saturated carbocycles. The van der Waals surface area contributed by atoms with Crippen LogP contribution in [0.25, 0.3) is 0 Å². The number of carbonyl (C=O) groups excluding carboxylic acids is 1. The topological polar surface area (TPSA) is 72.9 Å². The van der Waals surface area contributed by atoms with Crippen LogP contribution in [0, 0.1) is 12.3 Å². The summed E-state index contributed by atoms with van der Waals surface area (Å²) < 4.78 is 0. The number of likely N-dealkylation sites (N-methyl/N-ethyl adjacent to an activating group) is 1. The van der Waals surface area contributed by atoms with Gasteiger partial charge in [0.2, 0.25) is 0 Å². The van der Waals surface area contributed by atoms with Crippen LogP contribution in [-0.2, 0) is 4.79 Å². The Kier molecular flexibility index (Phi) is 8.38. The van der Waals surface area contributed by atoms with Crippen molar-refractivity contribution in [2.24, 2.45) is 0 Å². The molecular weight excluding hydrogens is 246 g/mol. The second-order valence-electron chi connectivity index (χ2n) is 4.42. The van der Waals surface area contributed by atoms with E-state index in [4.69, 9.17) is 11.5 Å². The summed E-state index contributed by atoms with van der Waals surface area (Å²) >= 11 is 0. The molecule has 1 unspecified atom stereocenters. The predicted molar refractivity (Wildman–Crippen MR) is 73.8 cm³/mol. The van der Waals surface area contributed by atoms with E-state index < -0.39 is 18.5 Å². The fraction of sp³-hybridized carbons (Fsp3) is 0.692. The van der Waals surface area contributed by atoms with Gasteiger partial charge in [-0.15, -0.1) is 6.42 Å². The van der Waals surface area contributed by atoms with Crippen molar-refractivity contribution in [2.45, 2.75) is 26.3 Å². The number of carboxylic acid groups (broad SMARTS) is 1. The number of rotatable bonds is 8. The Morgan fingerprint density at radius 3 is 2.58 bits per heavy atom. The van der Waals surface area contributed by atoms with Crippen LogP contribution < -0.4 is 5.32 Å². The lowest BCUT2D eigenvalue weighted by Crippen LogP contribution is -2.45. The molecule has 0 heterocycles. The fourth-order valence-electron chi connectivity index (χ4n) is 1.46. The van der Waals surface area contributed by atoms with Crippen molar-refractivity contribution in [1.82, 2.24) is 15.1 Å². The molecule has 1 atom stereocenters. The highest BCUT2D eigenvalue weighted by molar-refractivity contribution is 5.80. The minimum Gasteiger partial charge on any atom is -0.480 e. The zero-order chi connectivity index (χ0) is 14.8. The number of carboxylic acids is 1. The first-order valence-corrected chi connectivity index (χ1v) is 6.30. The van der Waals surface area contributed by atoms with Crippen LogP contribution in [0.2, 0.25) is 0 Å². The van der Waals surface area contributed by atoms with Gasteiger partial charge in [-0.05, 0) is 20.4 Å². The molecule has 0 radical (unpaired) electrons. The Morgan fingerprint density at radius 2 is 2.11 bits per heavy atom. The normalized spacial score (nSPS) is 11.7. The molecule has 2 amide bonds. The highest BCUT2D eigenvalue weighted by Gasteiger charge is 2.15. The van der Waals surface area contributed by atoms with Crippen molar-refractivity contribution >= 4 is 12.0 Å². The van der Waals surface area contributed by atoms with Gasteiger partial charge in [0.15, 0.2) is 0 Å². The van der Waals surface area contributed by atoms with E-state index in [0.717, 1.165) is 11.3 Å². The number of nitrogens with zero attached hydrogens (tertiary/aromatic N) is 2. The number of urea groups is 1. The van der Waals surface area contributed by atoms with Crippen LogP contribution in [0.3, 0.4) is 0 Å². The summed E-state index contributed by atoms with van der Waals surface area (Å²) in [7, 11) is 1.98. The third kappa shape index (κ3) is 7.32. The average molecular weight is 269 g/mol. The molecule has 0 aliphatic rings. The molecule has 108 valence electrons. The third-order valence-electron chi connectivity index (χ3n) is 2.98. The fourth-order valence-corrected chi connectivity index (χ4v) is 1.46. The van der Waals surface area contributed by atoms with Gasteiger partial charge in [0.25, 0.3) is 0 Å². The number of hydrogen-bond acceptors (Lipinski definition) is 3. The summed E-state index contributed by atoms with van der Waals surface area (Å²) in [6.45, 7) is 4.97. The van der Waals surface area contributed by atoms with Crippen molar-refractivity contribution in [2.75, 3.05) is 33.2 Å². The van der Waals surface area contributed by atoms with Gasteiger partial charge in [0.1, 0.15) is 6.54 Å². The summed E-state index contributed by atoms with van der Waals surface area (Å²) in [6, 6.07) is -0.00404. The molecule has 0 aromatic carbocycles. The van der Waals surface area contributed by atoms with Crippen LogP contribution in [0.5, 0.6) is 0 Å². The maximum absolute atomic E-state index is 11.7. The van der Waals surface area contributed by atoms with E-state index in [1.807, 2.05) is 7.05 Å². The quantitative estimate of drug-likeness (QED) is 0.627. The van der Waals surface area contributed by atoms with Gasteiger partial charge >= 0.3 is 12.0 Å². The van der Waals surface area contributed by atoms with E-state index >= 15 is 0 Å². The molecule has 0 fully saturated rings. The number of aliphatic carboxylic acids is 1. The molecule has 0 aromatic rings. The lowest BCUT2D eigenvalue weighted by atomic mass is 10.2. The van der Waals surface area contributed by atoms with Gasteiger partial charge in [-0.2, -0.15) is 0 Å². The first-order chi connectivity index (χ1) is 8.92. The number of amides is 2. The van der Waals surface area contributed by atoms with E-state index in [1.165, 1.54) is 0 Å². The van der Waals surface area contributed by atoms with Crippen molar-refractivity contribution in [1.29, 1.82) is 0 Å². The summed E-state index contributed by atoms with van der Waals surface area (Å²) in [5.41, 5.74) is 0. The van der Waals surface area contributed by atoms with Gasteiger partial charge in [-0.25, -0.2) is 4.79 Å². The first-order valence-electron chi connectivity index (χ1n) is 6.30. The Hall–Kier alpha value is -1.74. The SMILES string of the molecule is C#CCN(CC(=O)O)C(=O)NCCN(C)C(C)CC. The predicted octanol–water partition coefficient (Wildman–Crippen LogP) is 0.446. The Balaban J connectivity index is 4.13. The average Bonchev–Trinajstić information content (AvgIpc) is 2.36. The molecular formula is C13H23N3O3. The van der Waals surface area contributed by atoms with E-state index in [9.17, 15) is 9.59 Å². The largest absolute Gasteiger partial charge is 0.480 e. The molecule has 0 spiro atoms. The van der Waals surface area contributed by atoms with Crippen LogP contribution in [0.15, 0.2) is 0 Å². The molecule has 0 aliphatic carbocycles. The Labute approximate surface area is 114 Å². The molecule has 0 bridgehead atoms. The highest BCUT2D eigenvalue weighted by atomic mass is 16.4. The maximum atomic E-state index is 11.7. The van der Waals surface area contributed by atoms with Gasteiger partial charge in [0, 0.05) is 19.1 Å². The van der Waals surface area contributed by atoms with Gasteiger partial charge in [-0.1, -0.05) is 12.8 Å². The number of hydrogen-bond donors (Lipinski definition) is 2. The number of carbonyl (C=O) groups is 2. The van der Waals surface area contributed by atoms with E-state index in [1.54, 1.807) is 0 Å². The van der Waals surface area contributed by atoms with E-state index in [-0.39, 0.29) is 6.54 Å². The second kappa shape index (κ2) is 9.22. The zero-order valence-electron chi connectivity index (χ0n) is 11.8. The minimum atomic E-state index is -1.08. The van der Waals surface area contributed by atoms with Crippen molar-refractivity contribution < 1.29 is 14.7 Å². The first kappa shape index (κ1) is 17.3. The molecule has 0 aromatic heterocycles. The van der Waals surface area contributed by atoms with Crippen LogP contribution in [0.4, 0.5) is 4.79 Å². The molecule has 6 heteroatoms. The van der Waals surface area contributed by atoms with Crippen LogP contribution in [-0.4, -0.2) is 66.2 Å². The lowest BCUT2D eigenvalue weighted by Gasteiger charge is -2.24.